The number of hydrogen-bond acceptors (Lipinski definition) is 2. The number of rotatable bonds is 0. The van der Waals surface area contributed by atoms with E-state index in [1.165, 1.54) is 5.56 Å². The molecule has 0 atom stereocenters. The van der Waals surface area contributed by atoms with Gasteiger partial charge < -0.3 is 4.98 Å². The molecular weight excluding hydrogens is 175 g/mol. The Balaban J connectivity index is 0.000000720. The molecule has 0 spiro atoms. The number of hydrogen-bond donors (Lipinski definition) is 2. The van der Waals surface area contributed by atoms with E-state index in [0.29, 0.717) is 5.16 Å². The van der Waals surface area contributed by atoms with E-state index >= 15 is 0 Å². The van der Waals surface area contributed by atoms with Crippen molar-refractivity contribution in [1.29, 1.82) is 0 Å². The molecule has 4 heteroatoms. The minimum atomic E-state index is 0. The molecule has 0 radical (unpaired) electrons. The Kier molecular flexibility index (Phi) is 2.38. The second-order valence-corrected chi connectivity index (χ2v) is 3.00. The molecule has 0 aliphatic heterocycles. The zero-order chi connectivity index (χ0) is 7.84. The molecule has 0 fully saturated rings. The number of aromatic amines is 1. The SMILES string of the molecule is Cc1ccc2nc(S)[nH]c2c1.F. The Hall–Kier alpha value is -1.03. The van der Waals surface area contributed by atoms with Crippen LogP contribution in [0.2, 0.25) is 0 Å². The van der Waals surface area contributed by atoms with Gasteiger partial charge in [0.15, 0.2) is 5.16 Å². The van der Waals surface area contributed by atoms with Gasteiger partial charge in [0.05, 0.1) is 11.0 Å². The Labute approximate surface area is 74.8 Å². The minimum absolute atomic E-state index is 0. The van der Waals surface area contributed by atoms with Crippen LogP contribution in [0.4, 0.5) is 4.70 Å². The third-order valence-electron chi connectivity index (χ3n) is 1.62. The van der Waals surface area contributed by atoms with E-state index in [1.54, 1.807) is 0 Å². The largest absolute Gasteiger partial charge is 0.333 e. The van der Waals surface area contributed by atoms with Crippen LogP contribution in [-0.4, -0.2) is 9.97 Å². The van der Waals surface area contributed by atoms with Gasteiger partial charge in [-0.1, -0.05) is 6.07 Å². The molecule has 2 nitrogen and oxygen atoms in total. The fraction of sp³-hybridized carbons (Fsp3) is 0.125. The number of imidazole rings is 1. The summed E-state index contributed by atoms with van der Waals surface area (Å²) < 4.78 is 0. The summed E-state index contributed by atoms with van der Waals surface area (Å²) in [5.41, 5.74) is 3.25. The van der Waals surface area contributed by atoms with E-state index in [-0.39, 0.29) is 4.70 Å². The molecule has 2 aromatic rings. The molecular formula is C8H9FN2S. The Morgan fingerprint density at radius 1 is 1.42 bits per heavy atom. The summed E-state index contributed by atoms with van der Waals surface area (Å²) in [4.78, 5) is 7.22. The summed E-state index contributed by atoms with van der Waals surface area (Å²) in [5.74, 6) is 0. The monoisotopic (exact) mass is 184 g/mol. The predicted molar refractivity (Wildman–Crippen MR) is 50.6 cm³/mol. The first kappa shape index (κ1) is 9.06. The third kappa shape index (κ3) is 1.43. The summed E-state index contributed by atoms with van der Waals surface area (Å²) in [6, 6.07) is 6.08. The first-order chi connectivity index (χ1) is 5.25. The van der Waals surface area contributed by atoms with Crippen molar-refractivity contribution in [2.75, 3.05) is 0 Å². The van der Waals surface area contributed by atoms with Crippen molar-refractivity contribution in [3.63, 3.8) is 0 Å². The normalized spacial score (nSPS) is 9.83. The van der Waals surface area contributed by atoms with Gasteiger partial charge in [-0.05, 0) is 24.6 Å². The molecule has 2 rings (SSSR count). The van der Waals surface area contributed by atoms with Gasteiger partial charge in [-0.25, -0.2) is 4.98 Å². The highest BCUT2D eigenvalue weighted by Gasteiger charge is 1.97. The van der Waals surface area contributed by atoms with Gasteiger partial charge in [0.25, 0.3) is 0 Å². The van der Waals surface area contributed by atoms with Crippen molar-refractivity contribution in [3.8, 4) is 0 Å². The van der Waals surface area contributed by atoms with Crippen LogP contribution in [0.5, 0.6) is 0 Å². The number of aromatic nitrogens is 2. The van der Waals surface area contributed by atoms with Gasteiger partial charge >= 0.3 is 0 Å². The lowest BCUT2D eigenvalue weighted by Gasteiger charge is -1.89. The lowest BCUT2D eigenvalue weighted by Crippen LogP contribution is -1.71. The van der Waals surface area contributed by atoms with E-state index in [0.717, 1.165) is 11.0 Å². The van der Waals surface area contributed by atoms with Crippen molar-refractivity contribution < 1.29 is 4.70 Å². The Morgan fingerprint density at radius 3 is 2.92 bits per heavy atom. The van der Waals surface area contributed by atoms with Crippen LogP contribution < -0.4 is 0 Å². The molecule has 1 aromatic heterocycles. The van der Waals surface area contributed by atoms with Gasteiger partial charge in [-0.2, -0.15) is 0 Å². The number of H-pyrrole nitrogens is 1. The fourth-order valence-corrected chi connectivity index (χ4v) is 1.34. The molecule has 1 N–H and O–H groups in total. The van der Waals surface area contributed by atoms with Crippen molar-refractivity contribution in [2.45, 2.75) is 12.1 Å². The lowest BCUT2D eigenvalue weighted by atomic mass is 10.2. The number of benzene rings is 1. The zero-order valence-electron chi connectivity index (χ0n) is 6.53. The van der Waals surface area contributed by atoms with Gasteiger partial charge in [-0.3, -0.25) is 4.70 Å². The molecule has 0 aliphatic rings. The van der Waals surface area contributed by atoms with E-state index in [1.807, 2.05) is 12.1 Å². The molecule has 0 amide bonds. The third-order valence-corrected chi connectivity index (χ3v) is 1.84. The van der Waals surface area contributed by atoms with Crippen LogP contribution in [-0.2, 0) is 0 Å². The maximum absolute atomic E-state index is 4.16. The standard InChI is InChI=1S/C8H8N2S.FH/c1-5-2-3-6-7(4-5)10-8(11)9-6;/h2-4H,1H3,(H2,9,10,11);1H. The van der Waals surface area contributed by atoms with E-state index in [9.17, 15) is 0 Å². The van der Waals surface area contributed by atoms with Crippen LogP contribution >= 0.6 is 12.6 Å². The van der Waals surface area contributed by atoms with Crippen LogP contribution in [0.15, 0.2) is 23.4 Å². The van der Waals surface area contributed by atoms with Crippen molar-refractivity contribution >= 4 is 23.7 Å². The second-order valence-electron chi connectivity index (χ2n) is 2.58. The molecule has 0 bridgehead atoms. The molecule has 64 valence electrons. The lowest BCUT2D eigenvalue weighted by molar-refractivity contribution is 1.09. The topological polar surface area (TPSA) is 28.7 Å². The zero-order valence-corrected chi connectivity index (χ0v) is 7.43. The number of fused-ring (bicyclic) bond motifs is 1. The number of halogens is 1. The highest BCUT2D eigenvalue weighted by Crippen LogP contribution is 2.14. The average Bonchev–Trinajstić information content (AvgIpc) is 2.27. The predicted octanol–water partition coefficient (Wildman–Crippen LogP) is 2.31. The molecule has 0 unspecified atom stereocenters. The van der Waals surface area contributed by atoms with Crippen molar-refractivity contribution in [1.82, 2.24) is 9.97 Å². The summed E-state index contributed by atoms with van der Waals surface area (Å²) in [6.45, 7) is 2.05. The first-order valence-electron chi connectivity index (χ1n) is 3.41. The summed E-state index contributed by atoms with van der Waals surface area (Å²) in [5, 5.41) is 0.672. The number of thiol groups is 1. The average molecular weight is 184 g/mol. The first-order valence-corrected chi connectivity index (χ1v) is 3.86. The van der Waals surface area contributed by atoms with E-state index < -0.39 is 0 Å². The van der Waals surface area contributed by atoms with E-state index in [2.05, 4.69) is 35.6 Å². The maximum atomic E-state index is 4.16. The second kappa shape index (κ2) is 3.15. The number of aryl methyl sites for hydroxylation is 1. The number of nitrogens with one attached hydrogen (secondary N) is 1. The summed E-state index contributed by atoms with van der Waals surface area (Å²) in [6.07, 6.45) is 0. The quantitative estimate of drug-likeness (QED) is 0.604. The van der Waals surface area contributed by atoms with Gasteiger partial charge in [-0.15, -0.1) is 12.6 Å². The summed E-state index contributed by atoms with van der Waals surface area (Å²) >= 11 is 4.11. The van der Waals surface area contributed by atoms with Gasteiger partial charge in [0, 0.05) is 0 Å². The molecule has 1 heterocycles. The molecule has 0 aliphatic carbocycles. The van der Waals surface area contributed by atoms with Gasteiger partial charge in [0.2, 0.25) is 0 Å². The van der Waals surface area contributed by atoms with Crippen LogP contribution in [0, 0.1) is 6.92 Å². The highest BCUT2D eigenvalue weighted by atomic mass is 32.1. The molecule has 12 heavy (non-hydrogen) atoms. The molecule has 1 aromatic carbocycles. The maximum Gasteiger partial charge on any atom is 0.163 e. The van der Waals surface area contributed by atoms with Crippen LogP contribution in [0.1, 0.15) is 5.56 Å². The highest BCUT2D eigenvalue weighted by molar-refractivity contribution is 7.80. The van der Waals surface area contributed by atoms with Crippen molar-refractivity contribution in [2.24, 2.45) is 0 Å². The summed E-state index contributed by atoms with van der Waals surface area (Å²) in [7, 11) is 0. The fourth-order valence-electron chi connectivity index (χ4n) is 1.11. The Morgan fingerprint density at radius 2 is 2.17 bits per heavy atom. The smallest absolute Gasteiger partial charge is 0.163 e. The minimum Gasteiger partial charge on any atom is -0.333 e. The molecule has 0 saturated carbocycles. The van der Waals surface area contributed by atoms with E-state index in [4.69, 9.17) is 0 Å². The number of nitrogens with zero attached hydrogens (tertiary/aromatic N) is 1. The molecule has 0 saturated heterocycles. The van der Waals surface area contributed by atoms with Crippen LogP contribution in [0.25, 0.3) is 11.0 Å². The Bertz CT molecular complexity index is 397. The van der Waals surface area contributed by atoms with Gasteiger partial charge in [0.1, 0.15) is 0 Å². The van der Waals surface area contributed by atoms with Crippen molar-refractivity contribution in [3.05, 3.63) is 23.8 Å². The van der Waals surface area contributed by atoms with Crippen LogP contribution in [0.3, 0.4) is 0 Å².